The molecule has 0 heterocycles. The highest BCUT2D eigenvalue weighted by molar-refractivity contribution is 7.86. The molecule has 0 amide bonds. The molecule has 12 heteroatoms. The molecular weight excluding hydrogens is 436 g/mol. The van der Waals surface area contributed by atoms with Crippen molar-refractivity contribution in [2.24, 2.45) is 22.1 Å². The van der Waals surface area contributed by atoms with Crippen LogP contribution in [-0.4, -0.2) is 72.4 Å². The second-order valence-corrected chi connectivity index (χ2v) is 12.1. The highest BCUT2D eigenvalue weighted by Gasteiger charge is 2.45. The fourth-order valence-corrected chi connectivity index (χ4v) is 7.35. The van der Waals surface area contributed by atoms with Gasteiger partial charge in [0.1, 0.15) is 5.25 Å². The van der Waals surface area contributed by atoms with Crippen LogP contribution in [0, 0.1) is 11.8 Å². The highest BCUT2D eigenvalue weighted by atomic mass is 32.2. The fraction of sp³-hybridized carbons (Fsp3) is 1.00. The highest BCUT2D eigenvalue weighted by Crippen LogP contribution is 2.44. The van der Waals surface area contributed by atoms with Crippen LogP contribution in [0.15, 0.2) is 10.2 Å². The minimum atomic E-state index is -4.33. The molecule has 3 saturated carbocycles. The van der Waals surface area contributed by atoms with Crippen molar-refractivity contribution >= 4 is 20.2 Å². The maximum atomic E-state index is 11.9. The average molecular weight is 469 g/mol. The van der Waals surface area contributed by atoms with Crippen molar-refractivity contribution < 1.29 is 35.8 Å². The molecule has 0 aromatic rings. The predicted octanol–water partition coefficient (Wildman–Crippen LogP) is 1.85. The molecule has 8 atom stereocenters. The number of aliphatic hydroxyl groups is 1. The van der Waals surface area contributed by atoms with E-state index in [1.165, 1.54) is 0 Å². The van der Waals surface area contributed by atoms with Crippen LogP contribution in [0.3, 0.4) is 0 Å². The summed E-state index contributed by atoms with van der Waals surface area (Å²) in [6.45, 7) is 2.28. The summed E-state index contributed by atoms with van der Waals surface area (Å²) in [5.41, 5.74) is 0. The first kappa shape index (κ1) is 24.0. The summed E-state index contributed by atoms with van der Waals surface area (Å²) in [6, 6.07) is -1.25. The maximum absolute atomic E-state index is 11.9. The van der Waals surface area contributed by atoms with E-state index < -0.39 is 48.9 Å². The summed E-state index contributed by atoms with van der Waals surface area (Å²) in [4.78, 5) is 0. The molecule has 0 aliphatic heterocycles. The quantitative estimate of drug-likeness (QED) is 0.393. The van der Waals surface area contributed by atoms with Gasteiger partial charge in [0.2, 0.25) is 0 Å². The number of ether oxygens (including phenoxy) is 1. The number of aliphatic hydroxyl groups excluding tert-OH is 1. The summed E-state index contributed by atoms with van der Waals surface area (Å²) in [5, 5.41) is 17.2. The van der Waals surface area contributed by atoms with E-state index >= 15 is 0 Å². The molecule has 3 aliphatic rings. The third kappa shape index (κ3) is 5.57. The monoisotopic (exact) mass is 468 g/mol. The standard InChI is InChI=1S/C18H32N2O8S2/c1-2-28-12-4-7-15(17(10-12)30(25,26)27)19-20-18-14-6-5-13(29(22,23)24)9-11(14)3-8-16(18)21/h11-18,21H,2-10H2,1H3,(H,22,23,24)(H,25,26,27). The Morgan fingerprint density at radius 3 is 2.27 bits per heavy atom. The Hall–Kier alpha value is -0.660. The van der Waals surface area contributed by atoms with E-state index in [4.69, 9.17) is 4.74 Å². The van der Waals surface area contributed by atoms with Gasteiger partial charge < -0.3 is 9.84 Å². The molecule has 0 radical (unpaired) electrons. The van der Waals surface area contributed by atoms with Crippen molar-refractivity contribution in [2.45, 2.75) is 93.1 Å². The number of fused-ring (bicyclic) bond motifs is 1. The van der Waals surface area contributed by atoms with E-state index in [9.17, 15) is 31.0 Å². The first-order valence-electron chi connectivity index (χ1n) is 10.6. The number of hydrogen-bond donors (Lipinski definition) is 3. The van der Waals surface area contributed by atoms with Crippen LogP contribution < -0.4 is 0 Å². The molecule has 3 fully saturated rings. The lowest BCUT2D eigenvalue weighted by molar-refractivity contribution is 0.0211. The molecule has 3 rings (SSSR count). The van der Waals surface area contributed by atoms with E-state index in [-0.39, 0.29) is 24.4 Å². The zero-order valence-electron chi connectivity index (χ0n) is 17.1. The Bertz CT molecular complexity index is 831. The normalized spacial score (nSPS) is 40.9. The molecule has 0 saturated heterocycles. The van der Waals surface area contributed by atoms with Crippen LogP contribution in [0.4, 0.5) is 0 Å². The lowest BCUT2D eigenvalue weighted by Crippen LogP contribution is -2.46. The summed E-state index contributed by atoms with van der Waals surface area (Å²) >= 11 is 0. The molecule has 0 bridgehead atoms. The Kier molecular flexibility index (Phi) is 7.56. The minimum absolute atomic E-state index is 0.00378. The van der Waals surface area contributed by atoms with Crippen molar-refractivity contribution in [3.63, 3.8) is 0 Å². The maximum Gasteiger partial charge on any atom is 0.270 e. The number of azo groups is 1. The first-order chi connectivity index (χ1) is 14.0. The third-order valence-corrected chi connectivity index (χ3v) is 9.46. The van der Waals surface area contributed by atoms with Crippen molar-refractivity contribution in [2.75, 3.05) is 6.61 Å². The zero-order valence-corrected chi connectivity index (χ0v) is 18.7. The molecular formula is C18H32N2O8S2. The minimum Gasteiger partial charge on any atom is -0.391 e. The first-order valence-corrected chi connectivity index (χ1v) is 13.6. The van der Waals surface area contributed by atoms with Crippen LogP contribution in [-0.2, 0) is 25.0 Å². The van der Waals surface area contributed by atoms with Gasteiger partial charge in [-0.1, -0.05) is 0 Å². The van der Waals surface area contributed by atoms with Gasteiger partial charge in [-0.25, -0.2) is 0 Å². The Morgan fingerprint density at radius 1 is 0.900 bits per heavy atom. The topological polar surface area (TPSA) is 163 Å². The smallest absolute Gasteiger partial charge is 0.270 e. The van der Waals surface area contributed by atoms with Gasteiger partial charge in [0, 0.05) is 6.61 Å². The molecule has 3 aliphatic carbocycles. The lowest BCUT2D eigenvalue weighted by Gasteiger charge is -2.43. The molecule has 174 valence electrons. The fourth-order valence-electron chi connectivity index (χ4n) is 5.38. The summed E-state index contributed by atoms with van der Waals surface area (Å²) in [6.07, 6.45) is 2.38. The van der Waals surface area contributed by atoms with Crippen molar-refractivity contribution in [3.8, 4) is 0 Å². The van der Waals surface area contributed by atoms with Crippen LogP contribution in [0.25, 0.3) is 0 Å². The van der Waals surface area contributed by atoms with Gasteiger partial charge in [0.15, 0.2) is 0 Å². The average Bonchev–Trinajstić information content (AvgIpc) is 2.66. The molecule has 0 aromatic carbocycles. The largest absolute Gasteiger partial charge is 0.391 e. The van der Waals surface area contributed by atoms with E-state index in [1.807, 2.05) is 6.92 Å². The van der Waals surface area contributed by atoms with Crippen LogP contribution in [0.1, 0.15) is 58.3 Å². The van der Waals surface area contributed by atoms with E-state index in [1.54, 1.807) is 0 Å². The predicted molar refractivity (Wildman–Crippen MR) is 108 cm³/mol. The van der Waals surface area contributed by atoms with Gasteiger partial charge in [0.05, 0.1) is 29.5 Å². The molecule has 8 unspecified atom stereocenters. The summed E-state index contributed by atoms with van der Waals surface area (Å²) < 4.78 is 71.4. The Morgan fingerprint density at radius 2 is 1.63 bits per heavy atom. The van der Waals surface area contributed by atoms with Crippen LogP contribution >= 0.6 is 0 Å². The van der Waals surface area contributed by atoms with Crippen molar-refractivity contribution in [3.05, 3.63) is 0 Å². The second kappa shape index (κ2) is 9.45. The number of rotatable bonds is 6. The lowest BCUT2D eigenvalue weighted by atomic mass is 9.67. The van der Waals surface area contributed by atoms with Gasteiger partial charge in [0.25, 0.3) is 20.2 Å². The SMILES string of the molecule is CCOC1CCC(N=NC2C(O)CCC3CC(S(=O)(=O)O)CCC32)C(S(=O)(=O)O)C1. The molecule has 0 spiro atoms. The Balaban J connectivity index is 1.73. The molecule has 30 heavy (non-hydrogen) atoms. The summed E-state index contributed by atoms with van der Waals surface area (Å²) in [5.74, 6) is -0.0662. The van der Waals surface area contributed by atoms with Crippen molar-refractivity contribution in [1.82, 2.24) is 0 Å². The van der Waals surface area contributed by atoms with E-state index in [0.29, 0.717) is 51.6 Å². The van der Waals surface area contributed by atoms with Gasteiger partial charge in [-0.05, 0) is 70.1 Å². The molecule has 10 nitrogen and oxygen atoms in total. The summed E-state index contributed by atoms with van der Waals surface area (Å²) in [7, 11) is -8.42. The Labute approximate surface area is 178 Å². The molecule has 0 aromatic heterocycles. The zero-order chi connectivity index (χ0) is 22.1. The number of hydrogen-bond acceptors (Lipinski definition) is 8. The van der Waals surface area contributed by atoms with Gasteiger partial charge in [-0.2, -0.15) is 27.1 Å². The van der Waals surface area contributed by atoms with Gasteiger partial charge >= 0.3 is 0 Å². The van der Waals surface area contributed by atoms with E-state index in [2.05, 4.69) is 10.2 Å². The second-order valence-electron chi connectivity index (χ2n) is 8.75. The van der Waals surface area contributed by atoms with Crippen LogP contribution in [0.2, 0.25) is 0 Å². The van der Waals surface area contributed by atoms with Crippen LogP contribution in [0.5, 0.6) is 0 Å². The van der Waals surface area contributed by atoms with Gasteiger partial charge in [-0.15, -0.1) is 0 Å². The third-order valence-electron chi connectivity index (χ3n) is 6.92. The van der Waals surface area contributed by atoms with Crippen molar-refractivity contribution in [1.29, 1.82) is 0 Å². The van der Waals surface area contributed by atoms with Gasteiger partial charge in [-0.3, -0.25) is 9.11 Å². The van der Waals surface area contributed by atoms with E-state index in [0.717, 1.165) is 0 Å². The molecule has 3 N–H and O–H groups in total. The number of nitrogens with zero attached hydrogens (tertiary/aromatic N) is 2.